The predicted octanol–water partition coefficient (Wildman–Crippen LogP) is 1.46. The molecular formula is C12H25NO3S. The molecule has 102 valence electrons. The van der Waals surface area contributed by atoms with Gasteiger partial charge in [-0.25, -0.2) is 8.42 Å². The summed E-state index contributed by atoms with van der Waals surface area (Å²) in [5.74, 6) is 0.629. The zero-order valence-electron chi connectivity index (χ0n) is 11.1. The molecule has 0 aromatic heterocycles. The van der Waals surface area contributed by atoms with Crippen molar-refractivity contribution in [3.8, 4) is 0 Å². The van der Waals surface area contributed by atoms with E-state index >= 15 is 0 Å². The Hall–Kier alpha value is -0.130. The zero-order valence-corrected chi connectivity index (χ0v) is 11.9. The first kappa shape index (κ1) is 14.9. The Balaban J connectivity index is 2.81. The number of hydrogen-bond donors (Lipinski definition) is 1. The average molecular weight is 263 g/mol. The monoisotopic (exact) mass is 263 g/mol. The third-order valence-electron chi connectivity index (χ3n) is 3.80. The molecule has 3 atom stereocenters. The van der Waals surface area contributed by atoms with Crippen LogP contribution in [0.2, 0.25) is 0 Å². The van der Waals surface area contributed by atoms with E-state index in [4.69, 9.17) is 0 Å². The molecule has 1 N–H and O–H groups in total. The average Bonchev–Trinajstić information content (AvgIpc) is 2.28. The van der Waals surface area contributed by atoms with Crippen molar-refractivity contribution in [1.82, 2.24) is 4.31 Å². The zero-order chi connectivity index (χ0) is 13.1. The predicted molar refractivity (Wildman–Crippen MR) is 69.2 cm³/mol. The first-order chi connectivity index (χ1) is 7.92. The molecule has 3 unspecified atom stereocenters. The minimum atomic E-state index is -3.22. The van der Waals surface area contributed by atoms with Crippen LogP contribution in [0.4, 0.5) is 0 Å². The lowest BCUT2D eigenvalue weighted by Gasteiger charge is -2.38. The molecule has 4 nitrogen and oxygen atoms in total. The van der Waals surface area contributed by atoms with Crippen molar-refractivity contribution in [2.75, 3.05) is 18.9 Å². The number of piperidine rings is 1. The summed E-state index contributed by atoms with van der Waals surface area (Å²) in [6, 6.07) is -0.224. The Morgan fingerprint density at radius 3 is 2.65 bits per heavy atom. The van der Waals surface area contributed by atoms with Gasteiger partial charge in [-0.2, -0.15) is 4.31 Å². The van der Waals surface area contributed by atoms with Gasteiger partial charge in [-0.05, 0) is 24.7 Å². The van der Waals surface area contributed by atoms with E-state index in [1.807, 2.05) is 20.8 Å². The second-order valence-corrected chi connectivity index (χ2v) is 7.24. The van der Waals surface area contributed by atoms with E-state index in [0.717, 1.165) is 19.3 Å². The number of sulfonamides is 1. The molecule has 0 aromatic carbocycles. The van der Waals surface area contributed by atoms with Gasteiger partial charge in [-0.3, -0.25) is 0 Å². The molecular weight excluding hydrogens is 238 g/mol. The molecule has 0 aliphatic carbocycles. The summed E-state index contributed by atoms with van der Waals surface area (Å²) < 4.78 is 26.1. The summed E-state index contributed by atoms with van der Waals surface area (Å²) in [5, 5.41) is 9.38. The summed E-state index contributed by atoms with van der Waals surface area (Å²) in [7, 11) is -3.22. The van der Waals surface area contributed by atoms with Crippen LogP contribution in [0.1, 0.15) is 40.0 Å². The van der Waals surface area contributed by atoms with Gasteiger partial charge in [0, 0.05) is 6.54 Å². The lowest BCUT2D eigenvalue weighted by molar-refractivity contribution is 0.113. The molecule has 1 heterocycles. The van der Waals surface area contributed by atoms with Crippen molar-refractivity contribution in [3.63, 3.8) is 0 Å². The Kier molecular flexibility index (Phi) is 5.41. The summed E-state index contributed by atoms with van der Waals surface area (Å²) in [6.45, 7) is 6.47. The van der Waals surface area contributed by atoms with E-state index in [1.54, 1.807) is 0 Å². The van der Waals surface area contributed by atoms with Gasteiger partial charge in [0.2, 0.25) is 10.0 Å². The van der Waals surface area contributed by atoms with Crippen molar-refractivity contribution in [2.24, 2.45) is 11.8 Å². The number of rotatable bonds is 5. The summed E-state index contributed by atoms with van der Waals surface area (Å²) in [6.07, 6.45) is 2.77. The Bertz CT molecular complexity index is 329. The normalized spacial score (nSPS) is 29.2. The Morgan fingerprint density at radius 1 is 1.47 bits per heavy atom. The summed E-state index contributed by atoms with van der Waals surface area (Å²) >= 11 is 0. The highest BCUT2D eigenvalue weighted by molar-refractivity contribution is 7.89. The number of aliphatic hydroxyl groups excluding tert-OH is 1. The van der Waals surface area contributed by atoms with Gasteiger partial charge >= 0.3 is 0 Å². The van der Waals surface area contributed by atoms with Crippen LogP contribution in [0.5, 0.6) is 0 Å². The first-order valence-electron chi connectivity index (χ1n) is 6.52. The fraction of sp³-hybridized carbons (Fsp3) is 1.00. The first-order valence-corrected chi connectivity index (χ1v) is 8.13. The molecule has 1 aliphatic rings. The van der Waals surface area contributed by atoms with Crippen molar-refractivity contribution in [1.29, 1.82) is 0 Å². The van der Waals surface area contributed by atoms with E-state index in [-0.39, 0.29) is 30.2 Å². The molecule has 0 saturated carbocycles. The highest BCUT2D eigenvalue weighted by Gasteiger charge is 2.36. The molecule has 0 bridgehead atoms. The highest BCUT2D eigenvalue weighted by Crippen LogP contribution is 2.26. The maximum atomic E-state index is 12.3. The van der Waals surface area contributed by atoms with Crippen LogP contribution in [0.15, 0.2) is 0 Å². The van der Waals surface area contributed by atoms with Crippen LogP contribution >= 0.6 is 0 Å². The van der Waals surface area contributed by atoms with E-state index in [9.17, 15) is 13.5 Å². The topological polar surface area (TPSA) is 57.6 Å². The van der Waals surface area contributed by atoms with Crippen molar-refractivity contribution < 1.29 is 13.5 Å². The van der Waals surface area contributed by atoms with E-state index in [0.29, 0.717) is 6.54 Å². The van der Waals surface area contributed by atoms with Crippen LogP contribution in [0.3, 0.4) is 0 Å². The minimum absolute atomic E-state index is 0.0685. The number of aliphatic hydroxyl groups is 1. The lowest BCUT2D eigenvalue weighted by Crippen LogP contribution is -2.50. The van der Waals surface area contributed by atoms with Gasteiger partial charge in [-0.15, -0.1) is 0 Å². The largest absolute Gasteiger partial charge is 0.395 e. The van der Waals surface area contributed by atoms with Gasteiger partial charge in [0.25, 0.3) is 0 Å². The van der Waals surface area contributed by atoms with Gasteiger partial charge < -0.3 is 5.11 Å². The standard InChI is InChI=1S/C12H25NO3S/c1-4-10(2)9-17(15,16)13-7-5-6-11(3)12(13)8-14/h10-12,14H,4-9H2,1-3H3. The highest BCUT2D eigenvalue weighted by atomic mass is 32.2. The molecule has 1 aliphatic heterocycles. The van der Waals surface area contributed by atoms with Crippen LogP contribution < -0.4 is 0 Å². The molecule has 5 heteroatoms. The SMILES string of the molecule is CCC(C)CS(=O)(=O)N1CCCC(C)C1CO. The number of hydrogen-bond acceptors (Lipinski definition) is 3. The molecule has 1 rings (SSSR count). The van der Waals surface area contributed by atoms with Crippen LogP contribution in [-0.4, -0.2) is 42.8 Å². The van der Waals surface area contributed by atoms with Gasteiger partial charge in [-0.1, -0.05) is 27.2 Å². The van der Waals surface area contributed by atoms with Crippen LogP contribution in [0.25, 0.3) is 0 Å². The molecule has 17 heavy (non-hydrogen) atoms. The quantitative estimate of drug-likeness (QED) is 0.817. The maximum absolute atomic E-state index is 12.3. The van der Waals surface area contributed by atoms with E-state index in [2.05, 4.69) is 0 Å². The van der Waals surface area contributed by atoms with Crippen LogP contribution in [-0.2, 0) is 10.0 Å². The Morgan fingerprint density at radius 2 is 2.12 bits per heavy atom. The third kappa shape index (κ3) is 3.66. The third-order valence-corrected chi connectivity index (χ3v) is 5.96. The van der Waals surface area contributed by atoms with Crippen molar-refractivity contribution >= 4 is 10.0 Å². The van der Waals surface area contributed by atoms with Crippen molar-refractivity contribution in [2.45, 2.75) is 46.1 Å². The fourth-order valence-corrected chi connectivity index (χ4v) is 4.64. The van der Waals surface area contributed by atoms with Gasteiger partial charge in [0.05, 0.1) is 18.4 Å². The second-order valence-electron chi connectivity index (χ2n) is 5.27. The minimum Gasteiger partial charge on any atom is -0.395 e. The number of nitrogens with zero attached hydrogens (tertiary/aromatic N) is 1. The Labute approximate surface area is 105 Å². The summed E-state index contributed by atoms with van der Waals surface area (Å²) in [4.78, 5) is 0. The molecule has 1 saturated heterocycles. The van der Waals surface area contributed by atoms with E-state index in [1.165, 1.54) is 4.31 Å². The van der Waals surface area contributed by atoms with Gasteiger partial charge in [0.15, 0.2) is 0 Å². The smallest absolute Gasteiger partial charge is 0.214 e. The van der Waals surface area contributed by atoms with Crippen molar-refractivity contribution in [3.05, 3.63) is 0 Å². The van der Waals surface area contributed by atoms with E-state index < -0.39 is 10.0 Å². The molecule has 0 amide bonds. The second kappa shape index (κ2) is 6.16. The molecule has 0 radical (unpaired) electrons. The van der Waals surface area contributed by atoms with Crippen LogP contribution in [0, 0.1) is 11.8 Å². The van der Waals surface area contributed by atoms with Gasteiger partial charge in [0.1, 0.15) is 0 Å². The lowest BCUT2D eigenvalue weighted by atomic mass is 9.93. The molecule has 0 spiro atoms. The fourth-order valence-electron chi connectivity index (χ4n) is 2.40. The molecule has 1 fully saturated rings. The molecule has 0 aromatic rings. The maximum Gasteiger partial charge on any atom is 0.214 e. The summed E-state index contributed by atoms with van der Waals surface area (Å²) in [5.41, 5.74) is 0.